The number of piperidine rings is 1. The second kappa shape index (κ2) is 10.2. The van der Waals surface area contributed by atoms with Gasteiger partial charge in [-0.3, -0.25) is 4.79 Å². The zero-order valence-corrected chi connectivity index (χ0v) is 19.8. The molecule has 182 valence electrons. The number of rotatable bonds is 7. The zero-order valence-electron chi connectivity index (χ0n) is 19.8. The summed E-state index contributed by atoms with van der Waals surface area (Å²) in [4.78, 5) is 34.3. The lowest BCUT2D eigenvalue weighted by Gasteiger charge is -2.45. The van der Waals surface area contributed by atoms with Crippen molar-refractivity contribution in [3.8, 4) is 0 Å². The summed E-state index contributed by atoms with van der Waals surface area (Å²) in [7, 11) is 1.95. The summed E-state index contributed by atoms with van der Waals surface area (Å²) in [5, 5.41) is 11.8. The van der Waals surface area contributed by atoms with Crippen LogP contribution in [0.2, 0.25) is 0 Å². The van der Waals surface area contributed by atoms with E-state index in [4.69, 9.17) is 10.5 Å². The topological polar surface area (TPSA) is 115 Å². The number of likely N-dealkylation sites (N-methyl/N-ethyl adjacent to an activating group) is 1. The van der Waals surface area contributed by atoms with Crippen LogP contribution in [0.4, 0.5) is 0 Å². The maximum Gasteiger partial charge on any atom is 0.343 e. The molecule has 2 aromatic rings. The number of aromatic nitrogens is 2. The largest absolute Gasteiger partial charge is 0.454 e. The molecule has 1 aliphatic carbocycles. The normalized spacial score (nSPS) is 26.2. The minimum Gasteiger partial charge on any atom is -0.454 e. The quantitative estimate of drug-likeness (QED) is 0.478. The van der Waals surface area contributed by atoms with Crippen molar-refractivity contribution in [3.05, 3.63) is 60.2 Å². The Morgan fingerprint density at radius 2 is 1.85 bits per heavy atom. The lowest BCUT2D eigenvalue weighted by molar-refractivity contribution is -0.937. The summed E-state index contributed by atoms with van der Waals surface area (Å²) in [6.07, 6.45) is 8.67. The summed E-state index contributed by atoms with van der Waals surface area (Å²) >= 11 is 0. The molecule has 34 heavy (non-hydrogen) atoms. The lowest BCUT2D eigenvalue weighted by atomic mass is 9.73. The fraction of sp³-hybridized carbons (Fsp3) is 0.538. The molecule has 8 nitrogen and oxygen atoms in total. The molecule has 8 heteroatoms. The highest BCUT2D eigenvalue weighted by Gasteiger charge is 2.50. The fourth-order valence-electron chi connectivity index (χ4n) is 5.87. The SMILES string of the molecule is C[N+]1(C(C(N)=O)c2ccncn2)CCC[C@@H](OC(=O)C(O)(c2ccccc2)C2CCCCC2)C1. The molecule has 1 saturated carbocycles. The number of quaternary nitrogens is 1. The molecule has 2 heterocycles. The molecule has 4 rings (SSSR count). The van der Waals surface area contributed by atoms with Crippen molar-refractivity contribution in [3.63, 3.8) is 0 Å². The highest BCUT2D eigenvalue weighted by Crippen LogP contribution is 2.41. The second-order valence-corrected chi connectivity index (χ2v) is 9.96. The molecule has 1 saturated heterocycles. The number of nitrogens with zero attached hydrogens (tertiary/aromatic N) is 3. The first-order chi connectivity index (χ1) is 16.3. The van der Waals surface area contributed by atoms with Crippen LogP contribution in [0.15, 0.2) is 48.9 Å². The third-order valence-electron chi connectivity index (χ3n) is 7.59. The van der Waals surface area contributed by atoms with Gasteiger partial charge in [0.15, 0.2) is 11.7 Å². The first-order valence-corrected chi connectivity index (χ1v) is 12.2. The van der Waals surface area contributed by atoms with Gasteiger partial charge in [0, 0.05) is 18.5 Å². The Balaban J connectivity index is 1.57. The van der Waals surface area contributed by atoms with Gasteiger partial charge in [0.2, 0.25) is 6.04 Å². The van der Waals surface area contributed by atoms with Gasteiger partial charge in [-0.15, -0.1) is 0 Å². The lowest BCUT2D eigenvalue weighted by Crippen LogP contribution is -2.59. The Morgan fingerprint density at radius 1 is 1.12 bits per heavy atom. The van der Waals surface area contributed by atoms with E-state index in [1.165, 1.54) is 6.33 Å². The van der Waals surface area contributed by atoms with E-state index in [0.717, 1.165) is 38.5 Å². The number of carbonyl (C=O) groups excluding carboxylic acids is 2. The van der Waals surface area contributed by atoms with Gasteiger partial charge in [0.25, 0.3) is 5.91 Å². The Morgan fingerprint density at radius 3 is 2.50 bits per heavy atom. The van der Waals surface area contributed by atoms with Crippen molar-refractivity contribution in [2.24, 2.45) is 11.7 Å². The van der Waals surface area contributed by atoms with E-state index in [2.05, 4.69) is 9.97 Å². The molecular weight excluding hydrogens is 432 g/mol. The van der Waals surface area contributed by atoms with Crippen LogP contribution in [0.1, 0.15) is 62.2 Å². The number of primary amides is 1. The number of hydrogen-bond donors (Lipinski definition) is 2. The standard InChI is InChI=1S/C26H34N4O4/c1-30(23(24(27)31)22-14-15-28-18-29-22)16-8-13-21(17-30)34-25(32)26(33,19-9-4-2-5-10-19)20-11-6-3-7-12-20/h2,4-5,9-10,14-15,18,20-21,23,33H,3,6-8,11-13,16-17H2,1H3,(H-,27,31)/p+1/t21-,23?,26?,30?/m1/s1. The van der Waals surface area contributed by atoms with Crippen LogP contribution in [-0.2, 0) is 19.9 Å². The molecule has 0 radical (unpaired) electrons. The van der Waals surface area contributed by atoms with Gasteiger partial charge in [-0.05, 0) is 30.9 Å². The van der Waals surface area contributed by atoms with Crippen molar-refractivity contribution in [2.75, 3.05) is 20.1 Å². The first-order valence-electron chi connectivity index (χ1n) is 12.2. The van der Waals surface area contributed by atoms with Crippen molar-refractivity contribution >= 4 is 11.9 Å². The summed E-state index contributed by atoms with van der Waals surface area (Å²) in [5.41, 5.74) is 5.26. The van der Waals surface area contributed by atoms with E-state index < -0.39 is 29.6 Å². The molecular formula is C26H35N4O4+. The van der Waals surface area contributed by atoms with Crippen LogP contribution in [-0.4, -0.2) is 57.7 Å². The highest BCUT2D eigenvalue weighted by atomic mass is 16.6. The monoisotopic (exact) mass is 467 g/mol. The van der Waals surface area contributed by atoms with Crippen molar-refractivity contribution in [1.82, 2.24) is 9.97 Å². The van der Waals surface area contributed by atoms with Gasteiger partial charge < -0.3 is 20.1 Å². The van der Waals surface area contributed by atoms with Gasteiger partial charge in [-0.2, -0.15) is 0 Å². The maximum atomic E-state index is 13.6. The van der Waals surface area contributed by atoms with Crippen molar-refractivity contribution in [1.29, 1.82) is 0 Å². The molecule has 1 aromatic carbocycles. The van der Waals surface area contributed by atoms with E-state index in [-0.39, 0.29) is 10.4 Å². The van der Waals surface area contributed by atoms with E-state index in [1.807, 2.05) is 25.2 Å². The van der Waals surface area contributed by atoms with E-state index in [0.29, 0.717) is 30.8 Å². The average Bonchev–Trinajstić information content (AvgIpc) is 2.85. The van der Waals surface area contributed by atoms with Crippen LogP contribution in [0.3, 0.4) is 0 Å². The Bertz CT molecular complexity index is 983. The average molecular weight is 468 g/mol. The number of carbonyl (C=O) groups is 2. The molecule has 1 aromatic heterocycles. The number of ether oxygens (including phenoxy) is 1. The second-order valence-electron chi connectivity index (χ2n) is 9.96. The third-order valence-corrected chi connectivity index (χ3v) is 7.59. The van der Waals surface area contributed by atoms with E-state index >= 15 is 0 Å². The number of aliphatic hydroxyl groups is 1. The number of amides is 1. The Kier molecular flexibility index (Phi) is 7.28. The molecule has 3 unspecified atom stereocenters. The van der Waals surface area contributed by atoms with Crippen LogP contribution in [0.5, 0.6) is 0 Å². The van der Waals surface area contributed by atoms with Gasteiger partial charge >= 0.3 is 5.97 Å². The molecule has 4 atom stereocenters. The molecule has 1 amide bonds. The summed E-state index contributed by atoms with van der Waals surface area (Å²) in [5.74, 6) is -1.25. The number of hydrogen-bond acceptors (Lipinski definition) is 6. The molecule has 1 aliphatic heterocycles. The van der Waals surface area contributed by atoms with Crippen LogP contribution in [0, 0.1) is 5.92 Å². The maximum absolute atomic E-state index is 13.6. The first kappa shape index (κ1) is 24.3. The number of esters is 1. The fourth-order valence-corrected chi connectivity index (χ4v) is 5.87. The van der Waals surface area contributed by atoms with Crippen LogP contribution < -0.4 is 5.73 Å². The molecule has 2 aliphatic rings. The van der Waals surface area contributed by atoms with E-state index in [9.17, 15) is 14.7 Å². The number of likely N-dealkylation sites (tertiary alicyclic amines) is 1. The predicted molar refractivity (Wildman–Crippen MR) is 126 cm³/mol. The predicted octanol–water partition coefficient (Wildman–Crippen LogP) is 2.62. The minimum absolute atomic E-state index is 0.181. The van der Waals surface area contributed by atoms with Gasteiger partial charge in [0.05, 0.1) is 13.6 Å². The zero-order chi connectivity index (χ0) is 24.2. The van der Waals surface area contributed by atoms with E-state index in [1.54, 1.807) is 24.4 Å². The van der Waals surface area contributed by atoms with Crippen molar-refractivity contribution < 1.29 is 23.9 Å². The van der Waals surface area contributed by atoms with Gasteiger partial charge in [-0.1, -0.05) is 49.6 Å². The Hall–Kier alpha value is -2.84. The summed E-state index contributed by atoms with van der Waals surface area (Å²) < 4.78 is 6.33. The molecule has 0 spiro atoms. The van der Waals surface area contributed by atoms with Crippen LogP contribution in [0.25, 0.3) is 0 Å². The number of nitrogens with two attached hydrogens (primary N) is 1. The summed E-state index contributed by atoms with van der Waals surface area (Å²) in [6.45, 7) is 1.12. The van der Waals surface area contributed by atoms with Gasteiger partial charge in [0.1, 0.15) is 18.6 Å². The highest BCUT2D eigenvalue weighted by molar-refractivity contribution is 5.82. The van der Waals surface area contributed by atoms with Crippen LogP contribution >= 0.6 is 0 Å². The van der Waals surface area contributed by atoms with Gasteiger partial charge in [-0.25, -0.2) is 14.8 Å². The minimum atomic E-state index is -1.68. The third kappa shape index (κ3) is 4.83. The smallest absolute Gasteiger partial charge is 0.343 e. The summed E-state index contributed by atoms with van der Waals surface area (Å²) in [6, 6.07) is 10.2. The molecule has 2 fully saturated rings. The molecule has 3 N–H and O–H groups in total. The Labute approximate surface area is 200 Å². The number of benzene rings is 1. The molecule has 0 bridgehead atoms. The van der Waals surface area contributed by atoms with Crippen molar-refractivity contribution in [2.45, 2.75) is 62.7 Å².